The van der Waals surface area contributed by atoms with Crippen LogP contribution in [-0.4, -0.2) is 37.5 Å². The molecule has 0 saturated carbocycles. The summed E-state index contributed by atoms with van der Waals surface area (Å²) in [6.07, 6.45) is 2.81. The fraction of sp³-hybridized carbons (Fsp3) is 0.400. The molecular formula is C25H31N3O3S2. The lowest BCUT2D eigenvalue weighted by atomic mass is 10.0. The summed E-state index contributed by atoms with van der Waals surface area (Å²) in [4.78, 5) is 6.10. The van der Waals surface area contributed by atoms with Gasteiger partial charge in [0, 0.05) is 25.0 Å². The summed E-state index contributed by atoms with van der Waals surface area (Å²) in [5.74, 6) is 1.39. The lowest BCUT2D eigenvalue weighted by molar-refractivity contribution is 0.288. The van der Waals surface area contributed by atoms with E-state index in [-0.39, 0.29) is 0 Å². The third kappa shape index (κ3) is 5.23. The van der Waals surface area contributed by atoms with Crippen molar-refractivity contribution in [3.8, 4) is 17.0 Å². The fourth-order valence-electron chi connectivity index (χ4n) is 4.03. The van der Waals surface area contributed by atoms with E-state index in [2.05, 4.69) is 23.8 Å². The van der Waals surface area contributed by atoms with E-state index in [9.17, 15) is 8.42 Å². The van der Waals surface area contributed by atoms with Crippen molar-refractivity contribution in [2.75, 3.05) is 20.2 Å². The van der Waals surface area contributed by atoms with Crippen LogP contribution in [0.4, 0.5) is 5.69 Å². The average Bonchev–Trinajstić information content (AvgIpc) is 3.22. The van der Waals surface area contributed by atoms with E-state index in [4.69, 9.17) is 9.73 Å². The molecule has 2 aromatic carbocycles. The second kappa shape index (κ2) is 10.2. The van der Waals surface area contributed by atoms with Crippen molar-refractivity contribution in [3.63, 3.8) is 0 Å². The maximum absolute atomic E-state index is 13.1. The third-order valence-electron chi connectivity index (χ3n) is 6.07. The first-order chi connectivity index (χ1) is 15.9. The topological polar surface area (TPSA) is 63.9 Å². The van der Waals surface area contributed by atoms with Gasteiger partial charge in [-0.25, -0.2) is 13.4 Å². The zero-order valence-corrected chi connectivity index (χ0v) is 21.0. The van der Waals surface area contributed by atoms with Crippen LogP contribution < -0.4 is 9.54 Å². The summed E-state index contributed by atoms with van der Waals surface area (Å²) in [5.41, 5.74) is 2.90. The van der Waals surface area contributed by atoms with Gasteiger partial charge < -0.3 is 9.30 Å². The molecule has 1 saturated heterocycles. The Bertz CT molecular complexity index is 1240. The maximum atomic E-state index is 13.1. The Labute approximate surface area is 200 Å². The van der Waals surface area contributed by atoms with E-state index in [1.54, 1.807) is 34.9 Å². The quantitative estimate of drug-likeness (QED) is 0.457. The molecule has 0 atom stereocenters. The smallest absolute Gasteiger partial charge is 0.243 e. The molecule has 0 spiro atoms. The normalized spacial score (nSPS) is 16.3. The standard InChI is InChI=1S/C25H31N3O3S2/c1-4-15-28-24(18-32-25(28)26-21-7-9-22(31-3)10-8-21)20-5-11-23(12-6-20)33(29,30)27-16-13-19(2)14-17-27/h5-12,18-19H,4,13-17H2,1-3H3. The van der Waals surface area contributed by atoms with Gasteiger partial charge in [-0.1, -0.05) is 26.0 Å². The number of sulfonamides is 1. The van der Waals surface area contributed by atoms with E-state index in [1.807, 2.05) is 36.4 Å². The summed E-state index contributed by atoms with van der Waals surface area (Å²) >= 11 is 1.59. The molecule has 1 aliphatic heterocycles. The van der Waals surface area contributed by atoms with Crippen molar-refractivity contribution < 1.29 is 13.2 Å². The first kappa shape index (κ1) is 23.7. The molecule has 6 nitrogen and oxygen atoms in total. The molecule has 1 aliphatic rings. The van der Waals surface area contributed by atoms with Crippen LogP contribution >= 0.6 is 11.3 Å². The average molecular weight is 486 g/mol. The molecule has 0 unspecified atom stereocenters. The predicted molar refractivity (Wildman–Crippen MR) is 133 cm³/mol. The Morgan fingerprint density at radius 2 is 1.73 bits per heavy atom. The van der Waals surface area contributed by atoms with Gasteiger partial charge >= 0.3 is 0 Å². The number of aromatic nitrogens is 1. The van der Waals surface area contributed by atoms with Crippen LogP contribution in [0.25, 0.3) is 11.3 Å². The van der Waals surface area contributed by atoms with Crippen molar-refractivity contribution in [1.29, 1.82) is 0 Å². The molecule has 0 bridgehead atoms. The highest BCUT2D eigenvalue weighted by molar-refractivity contribution is 7.89. The van der Waals surface area contributed by atoms with E-state index in [0.717, 1.165) is 53.3 Å². The minimum absolute atomic E-state index is 0.362. The highest BCUT2D eigenvalue weighted by atomic mass is 32.2. The highest BCUT2D eigenvalue weighted by Crippen LogP contribution is 2.27. The molecule has 0 radical (unpaired) electrons. The van der Waals surface area contributed by atoms with Gasteiger partial charge in [0.25, 0.3) is 0 Å². The van der Waals surface area contributed by atoms with Gasteiger partial charge in [-0.05, 0) is 67.1 Å². The second-order valence-corrected chi connectivity index (χ2v) is 11.3. The molecule has 4 rings (SSSR count). The first-order valence-corrected chi connectivity index (χ1v) is 13.7. The molecule has 33 heavy (non-hydrogen) atoms. The monoisotopic (exact) mass is 485 g/mol. The largest absolute Gasteiger partial charge is 0.497 e. The number of methoxy groups -OCH3 is 1. The van der Waals surface area contributed by atoms with Crippen LogP contribution in [0.5, 0.6) is 5.75 Å². The molecular weight excluding hydrogens is 454 g/mol. The molecule has 0 amide bonds. The minimum atomic E-state index is -3.45. The van der Waals surface area contributed by atoms with E-state index < -0.39 is 10.0 Å². The number of benzene rings is 2. The Balaban J connectivity index is 1.63. The number of rotatable bonds is 7. The van der Waals surface area contributed by atoms with Crippen LogP contribution in [0.2, 0.25) is 0 Å². The van der Waals surface area contributed by atoms with Gasteiger partial charge in [-0.2, -0.15) is 4.31 Å². The summed E-state index contributed by atoms with van der Waals surface area (Å²) in [5, 5.41) is 2.09. The fourth-order valence-corrected chi connectivity index (χ4v) is 6.45. The number of nitrogens with zero attached hydrogens (tertiary/aromatic N) is 3. The van der Waals surface area contributed by atoms with Gasteiger partial charge in [0.1, 0.15) is 5.75 Å². The van der Waals surface area contributed by atoms with Gasteiger partial charge in [0.05, 0.1) is 23.4 Å². The van der Waals surface area contributed by atoms with Crippen LogP contribution in [0.1, 0.15) is 33.1 Å². The first-order valence-electron chi connectivity index (χ1n) is 11.4. The number of hydrogen-bond acceptors (Lipinski definition) is 5. The number of ether oxygens (including phenoxy) is 1. The molecule has 0 aliphatic carbocycles. The van der Waals surface area contributed by atoms with Crippen molar-refractivity contribution in [1.82, 2.24) is 8.87 Å². The molecule has 8 heteroatoms. The van der Waals surface area contributed by atoms with Crippen LogP contribution in [0.3, 0.4) is 0 Å². The summed E-state index contributed by atoms with van der Waals surface area (Å²) in [6.45, 7) is 6.35. The SMILES string of the molecule is CCCn1c(-c2ccc(S(=O)(=O)N3CCC(C)CC3)cc2)csc1=Nc1ccc(OC)cc1. The highest BCUT2D eigenvalue weighted by Gasteiger charge is 2.28. The van der Waals surface area contributed by atoms with Crippen molar-refractivity contribution in [3.05, 3.63) is 58.7 Å². The molecule has 2 heterocycles. The molecule has 176 valence electrons. The van der Waals surface area contributed by atoms with E-state index in [0.29, 0.717) is 23.9 Å². The van der Waals surface area contributed by atoms with Crippen molar-refractivity contribution >= 4 is 27.0 Å². The van der Waals surface area contributed by atoms with E-state index >= 15 is 0 Å². The van der Waals surface area contributed by atoms with Crippen molar-refractivity contribution in [2.24, 2.45) is 10.9 Å². The number of thiazole rings is 1. The zero-order chi connectivity index (χ0) is 23.4. The van der Waals surface area contributed by atoms with E-state index in [1.165, 1.54) is 0 Å². The minimum Gasteiger partial charge on any atom is -0.497 e. The molecule has 1 aromatic heterocycles. The lowest BCUT2D eigenvalue weighted by Gasteiger charge is -2.29. The van der Waals surface area contributed by atoms with Crippen LogP contribution in [-0.2, 0) is 16.6 Å². The Morgan fingerprint density at radius 3 is 2.33 bits per heavy atom. The predicted octanol–water partition coefficient (Wildman–Crippen LogP) is 5.29. The molecule has 0 N–H and O–H groups in total. The zero-order valence-electron chi connectivity index (χ0n) is 19.4. The summed E-state index contributed by atoms with van der Waals surface area (Å²) in [7, 11) is -1.80. The van der Waals surface area contributed by atoms with Gasteiger partial charge in [-0.15, -0.1) is 11.3 Å². The van der Waals surface area contributed by atoms with Crippen LogP contribution in [0.15, 0.2) is 63.8 Å². The van der Waals surface area contributed by atoms with Crippen molar-refractivity contribution in [2.45, 2.75) is 44.6 Å². The van der Waals surface area contributed by atoms with Gasteiger partial charge in [-0.3, -0.25) is 0 Å². The van der Waals surface area contributed by atoms with Gasteiger partial charge in [0.15, 0.2) is 4.80 Å². The lowest BCUT2D eigenvalue weighted by Crippen LogP contribution is -2.37. The Hall–Kier alpha value is -2.42. The summed E-state index contributed by atoms with van der Waals surface area (Å²) < 4.78 is 35.2. The van der Waals surface area contributed by atoms with Crippen LogP contribution in [0, 0.1) is 5.92 Å². The Morgan fingerprint density at radius 1 is 1.06 bits per heavy atom. The maximum Gasteiger partial charge on any atom is 0.243 e. The Kier molecular flexibility index (Phi) is 7.36. The third-order valence-corrected chi connectivity index (χ3v) is 8.85. The summed E-state index contributed by atoms with van der Waals surface area (Å²) in [6, 6.07) is 15.0. The number of hydrogen-bond donors (Lipinski definition) is 0. The molecule has 3 aromatic rings. The second-order valence-electron chi connectivity index (χ2n) is 8.48. The number of piperidine rings is 1. The molecule has 1 fully saturated rings. The van der Waals surface area contributed by atoms with Gasteiger partial charge in [0.2, 0.25) is 10.0 Å².